The van der Waals surface area contributed by atoms with E-state index in [9.17, 15) is 12.8 Å². The lowest BCUT2D eigenvalue weighted by atomic mass is 10.1. The largest absolute Gasteiger partial charge is 0.360 e. The molecule has 3 aromatic rings. The van der Waals surface area contributed by atoms with Crippen molar-refractivity contribution in [3.63, 3.8) is 0 Å². The summed E-state index contributed by atoms with van der Waals surface area (Å²) in [5, 5.41) is 0.0929. The molecule has 1 saturated heterocycles. The van der Waals surface area contributed by atoms with Gasteiger partial charge in [-0.15, -0.1) is 0 Å². The maximum Gasteiger partial charge on any atom is 0.243 e. The van der Waals surface area contributed by atoms with Crippen molar-refractivity contribution in [2.45, 2.75) is 30.8 Å². The van der Waals surface area contributed by atoms with Crippen molar-refractivity contribution in [3.8, 4) is 0 Å². The number of nitrogens with zero attached hydrogens (tertiary/aromatic N) is 1. The normalized spacial score (nSPS) is 15.6. The first-order valence-electron chi connectivity index (χ1n) is 9.09. The molecule has 0 bridgehead atoms. The molecule has 0 spiro atoms. The molecule has 0 radical (unpaired) electrons. The van der Waals surface area contributed by atoms with Gasteiger partial charge in [-0.1, -0.05) is 30.3 Å². The van der Waals surface area contributed by atoms with Gasteiger partial charge in [-0.25, -0.2) is 17.5 Å². The summed E-state index contributed by atoms with van der Waals surface area (Å²) in [7, 11) is -3.84. The van der Waals surface area contributed by atoms with E-state index in [2.05, 4.69) is 14.6 Å². The molecule has 0 unspecified atom stereocenters. The Balaban J connectivity index is 1.56. The van der Waals surface area contributed by atoms with Crippen LogP contribution in [0.2, 0.25) is 0 Å². The van der Waals surface area contributed by atoms with E-state index in [1.165, 1.54) is 25.1 Å². The van der Waals surface area contributed by atoms with Gasteiger partial charge < -0.3 is 4.98 Å². The number of benzene rings is 2. The minimum absolute atomic E-state index is 0.0624. The third kappa shape index (κ3) is 3.76. The molecule has 1 fully saturated rings. The van der Waals surface area contributed by atoms with Gasteiger partial charge in [0.15, 0.2) is 0 Å². The van der Waals surface area contributed by atoms with Crippen molar-refractivity contribution in [2.24, 2.45) is 0 Å². The van der Waals surface area contributed by atoms with Crippen molar-refractivity contribution in [1.29, 1.82) is 0 Å². The van der Waals surface area contributed by atoms with Crippen LogP contribution in [0.15, 0.2) is 53.6 Å². The predicted molar refractivity (Wildman–Crippen MR) is 103 cm³/mol. The number of aromatic nitrogens is 1. The van der Waals surface area contributed by atoms with E-state index < -0.39 is 15.8 Å². The lowest BCUT2D eigenvalue weighted by Crippen LogP contribution is -2.25. The van der Waals surface area contributed by atoms with Crippen LogP contribution in [-0.4, -0.2) is 31.4 Å². The van der Waals surface area contributed by atoms with Crippen LogP contribution in [0.3, 0.4) is 0 Å². The second-order valence-corrected chi connectivity index (χ2v) is 8.63. The molecule has 2 heterocycles. The quantitative estimate of drug-likeness (QED) is 0.681. The van der Waals surface area contributed by atoms with E-state index >= 15 is 0 Å². The smallest absolute Gasteiger partial charge is 0.243 e. The van der Waals surface area contributed by atoms with Crippen LogP contribution in [0.5, 0.6) is 0 Å². The standard InChI is InChI=1S/C20H22FN3O2S/c21-17-8-5-9-18-20(17)19(13-22-18)27(25,26)23-12-15-6-1-2-7-16(15)14-24-10-3-4-11-24/h1-2,5-9,13,22-23H,3-4,10-12,14H2. The first kappa shape index (κ1) is 18.2. The van der Waals surface area contributed by atoms with Crippen LogP contribution < -0.4 is 4.72 Å². The number of sulfonamides is 1. The lowest BCUT2D eigenvalue weighted by Gasteiger charge is -2.17. The highest BCUT2D eigenvalue weighted by Gasteiger charge is 2.22. The summed E-state index contributed by atoms with van der Waals surface area (Å²) in [6, 6.07) is 12.3. The Kier molecular flexibility index (Phi) is 4.99. The van der Waals surface area contributed by atoms with Gasteiger partial charge in [-0.2, -0.15) is 0 Å². The van der Waals surface area contributed by atoms with Crippen LogP contribution >= 0.6 is 0 Å². The summed E-state index contributed by atoms with van der Waals surface area (Å²) in [6.07, 6.45) is 3.76. The molecule has 142 valence electrons. The fraction of sp³-hybridized carbons (Fsp3) is 0.300. The highest BCUT2D eigenvalue weighted by atomic mass is 32.2. The van der Waals surface area contributed by atoms with Gasteiger partial charge in [0, 0.05) is 24.8 Å². The first-order valence-corrected chi connectivity index (χ1v) is 10.6. The number of hydrogen-bond acceptors (Lipinski definition) is 3. The van der Waals surface area contributed by atoms with Crippen LogP contribution in [-0.2, 0) is 23.1 Å². The molecule has 2 N–H and O–H groups in total. The minimum atomic E-state index is -3.84. The second kappa shape index (κ2) is 7.42. The molecular formula is C20H22FN3O2S. The zero-order valence-corrected chi connectivity index (χ0v) is 15.7. The molecule has 1 aliphatic heterocycles. The first-order chi connectivity index (χ1) is 13.0. The van der Waals surface area contributed by atoms with Crippen LogP contribution in [0.4, 0.5) is 4.39 Å². The summed E-state index contributed by atoms with van der Waals surface area (Å²) in [5.41, 5.74) is 2.52. The highest BCUT2D eigenvalue weighted by molar-refractivity contribution is 7.89. The molecule has 7 heteroatoms. The molecule has 0 amide bonds. The molecule has 5 nitrogen and oxygen atoms in total. The monoisotopic (exact) mass is 387 g/mol. The average Bonchev–Trinajstić information content (AvgIpc) is 3.31. The Morgan fingerprint density at radius 3 is 2.56 bits per heavy atom. The fourth-order valence-corrected chi connectivity index (χ4v) is 4.83. The Morgan fingerprint density at radius 1 is 1.04 bits per heavy atom. The molecule has 1 aliphatic rings. The molecule has 4 rings (SSSR count). The van der Waals surface area contributed by atoms with Crippen LogP contribution in [0.1, 0.15) is 24.0 Å². The number of hydrogen-bond donors (Lipinski definition) is 2. The van der Waals surface area contributed by atoms with E-state index in [1.807, 2.05) is 24.3 Å². The van der Waals surface area contributed by atoms with E-state index in [1.54, 1.807) is 12.1 Å². The molecule has 0 aliphatic carbocycles. The molecule has 27 heavy (non-hydrogen) atoms. The predicted octanol–water partition coefficient (Wildman–Crippen LogP) is 3.38. The Bertz CT molecular complexity index is 1060. The Hall–Kier alpha value is -2.22. The number of nitrogens with one attached hydrogen (secondary N) is 2. The van der Waals surface area contributed by atoms with Gasteiger partial charge in [-0.3, -0.25) is 4.90 Å². The Morgan fingerprint density at radius 2 is 1.78 bits per heavy atom. The average molecular weight is 387 g/mol. The highest BCUT2D eigenvalue weighted by Crippen LogP contribution is 2.25. The minimum Gasteiger partial charge on any atom is -0.360 e. The van der Waals surface area contributed by atoms with Crippen molar-refractivity contribution in [2.75, 3.05) is 13.1 Å². The maximum atomic E-state index is 14.1. The number of halogens is 1. The number of rotatable bonds is 6. The molecular weight excluding hydrogens is 365 g/mol. The van der Waals surface area contributed by atoms with Gasteiger partial charge >= 0.3 is 0 Å². The van der Waals surface area contributed by atoms with Crippen molar-refractivity contribution in [3.05, 3.63) is 65.6 Å². The van der Waals surface area contributed by atoms with E-state index in [0.29, 0.717) is 5.52 Å². The van der Waals surface area contributed by atoms with E-state index in [0.717, 1.165) is 30.8 Å². The summed E-state index contributed by atoms with van der Waals surface area (Å²) in [6.45, 7) is 3.15. The summed E-state index contributed by atoms with van der Waals surface area (Å²) >= 11 is 0. The SMILES string of the molecule is O=S(=O)(NCc1ccccc1CN1CCCC1)c1c[nH]c2cccc(F)c12. The third-order valence-electron chi connectivity index (χ3n) is 5.07. The molecule has 0 saturated carbocycles. The van der Waals surface area contributed by atoms with Gasteiger partial charge in [-0.05, 0) is 49.2 Å². The van der Waals surface area contributed by atoms with Crippen molar-refractivity contribution in [1.82, 2.24) is 14.6 Å². The number of fused-ring (bicyclic) bond motifs is 1. The van der Waals surface area contributed by atoms with Crippen molar-refractivity contribution < 1.29 is 12.8 Å². The van der Waals surface area contributed by atoms with Crippen LogP contribution in [0, 0.1) is 5.82 Å². The zero-order valence-electron chi connectivity index (χ0n) is 14.9. The van der Waals surface area contributed by atoms with Gasteiger partial charge in [0.2, 0.25) is 10.0 Å². The van der Waals surface area contributed by atoms with Crippen LogP contribution in [0.25, 0.3) is 10.9 Å². The Labute approximate surface area is 158 Å². The zero-order chi connectivity index (χ0) is 18.9. The number of aromatic amines is 1. The van der Waals surface area contributed by atoms with Gasteiger partial charge in [0.25, 0.3) is 0 Å². The molecule has 2 aromatic carbocycles. The maximum absolute atomic E-state index is 14.1. The fourth-order valence-electron chi connectivity index (χ4n) is 3.64. The topological polar surface area (TPSA) is 65.2 Å². The lowest BCUT2D eigenvalue weighted by molar-refractivity contribution is 0.330. The van der Waals surface area contributed by atoms with E-state index in [4.69, 9.17) is 0 Å². The summed E-state index contributed by atoms with van der Waals surface area (Å²) < 4.78 is 42.3. The number of H-pyrrole nitrogens is 1. The third-order valence-corrected chi connectivity index (χ3v) is 6.50. The summed E-state index contributed by atoms with van der Waals surface area (Å²) in [4.78, 5) is 5.14. The number of likely N-dealkylation sites (tertiary alicyclic amines) is 1. The second-order valence-electron chi connectivity index (χ2n) is 6.89. The molecule has 0 atom stereocenters. The van der Waals surface area contributed by atoms with Gasteiger partial charge in [0.1, 0.15) is 10.7 Å². The van der Waals surface area contributed by atoms with Crippen molar-refractivity contribution >= 4 is 20.9 Å². The van der Waals surface area contributed by atoms with Gasteiger partial charge in [0.05, 0.1) is 5.39 Å². The van der Waals surface area contributed by atoms with E-state index in [-0.39, 0.29) is 16.8 Å². The molecule has 1 aromatic heterocycles. The summed E-state index contributed by atoms with van der Waals surface area (Å²) in [5.74, 6) is -0.552.